The van der Waals surface area contributed by atoms with E-state index in [0.29, 0.717) is 18.0 Å². The molecule has 0 atom stereocenters. The van der Waals surface area contributed by atoms with Crippen LogP contribution in [0.4, 0.5) is 0 Å². The number of carbonyl (C=O) groups is 2. The predicted octanol–water partition coefficient (Wildman–Crippen LogP) is 2.84. The zero-order valence-electron chi connectivity index (χ0n) is 14.7. The van der Waals surface area contributed by atoms with Gasteiger partial charge in [0.05, 0.1) is 11.0 Å². The molecule has 0 aromatic carbocycles. The Morgan fingerprint density at radius 2 is 2.04 bits per heavy atom. The first kappa shape index (κ1) is 17.2. The van der Waals surface area contributed by atoms with Gasteiger partial charge in [-0.15, -0.1) is 11.3 Å². The van der Waals surface area contributed by atoms with E-state index >= 15 is 0 Å². The normalized spacial score (nSPS) is 19.2. The molecule has 6 heteroatoms. The van der Waals surface area contributed by atoms with Gasteiger partial charge in [-0.1, -0.05) is 6.07 Å². The number of nitrogens with zero attached hydrogens (tertiary/aromatic N) is 2. The van der Waals surface area contributed by atoms with Gasteiger partial charge in [-0.3, -0.25) is 14.6 Å². The highest BCUT2D eigenvalue weighted by atomic mass is 32.1. The van der Waals surface area contributed by atoms with Gasteiger partial charge in [0.25, 0.3) is 5.91 Å². The summed E-state index contributed by atoms with van der Waals surface area (Å²) in [6.45, 7) is 2.19. The van der Waals surface area contributed by atoms with Gasteiger partial charge in [-0.25, -0.2) is 0 Å². The smallest absolute Gasteiger partial charge is 0.255 e. The first-order valence-electron chi connectivity index (χ1n) is 9.21. The van der Waals surface area contributed by atoms with Crippen molar-refractivity contribution in [3.8, 4) is 0 Å². The molecule has 1 saturated heterocycles. The average Bonchev–Trinajstić information content (AvgIpc) is 3.32. The maximum atomic E-state index is 12.6. The van der Waals surface area contributed by atoms with Crippen molar-refractivity contribution < 1.29 is 9.59 Å². The summed E-state index contributed by atoms with van der Waals surface area (Å²) in [7, 11) is 0. The molecule has 136 valence electrons. The van der Waals surface area contributed by atoms with Gasteiger partial charge >= 0.3 is 0 Å². The summed E-state index contributed by atoms with van der Waals surface area (Å²) in [6, 6.07) is 7.68. The second kappa shape index (κ2) is 7.19. The lowest BCUT2D eigenvalue weighted by Gasteiger charge is -2.32. The van der Waals surface area contributed by atoms with Crippen molar-refractivity contribution >= 4 is 23.2 Å². The molecule has 2 aromatic heterocycles. The molecule has 0 unspecified atom stereocenters. The van der Waals surface area contributed by atoms with Crippen LogP contribution in [0.5, 0.6) is 0 Å². The minimum atomic E-state index is -0.259. The number of nitrogens with one attached hydrogen (secondary N) is 1. The second-order valence-corrected chi connectivity index (χ2v) is 8.19. The summed E-state index contributed by atoms with van der Waals surface area (Å²) >= 11 is 1.67. The Labute approximate surface area is 157 Å². The fraction of sp³-hybridized carbons (Fsp3) is 0.450. The van der Waals surface area contributed by atoms with Crippen molar-refractivity contribution in [2.75, 3.05) is 19.6 Å². The summed E-state index contributed by atoms with van der Waals surface area (Å²) < 4.78 is 0. The van der Waals surface area contributed by atoms with Gasteiger partial charge < -0.3 is 10.2 Å². The zero-order chi connectivity index (χ0) is 18.0. The van der Waals surface area contributed by atoms with Gasteiger partial charge in [0, 0.05) is 36.9 Å². The van der Waals surface area contributed by atoms with Crippen molar-refractivity contribution in [3.63, 3.8) is 0 Å². The highest BCUT2D eigenvalue weighted by molar-refractivity contribution is 7.10. The number of carbonyl (C=O) groups excluding carboxylic acids is 2. The fourth-order valence-electron chi connectivity index (χ4n) is 3.68. The Hall–Kier alpha value is -2.21. The third kappa shape index (κ3) is 3.38. The lowest BCUT2D eigenvalue weighted by Crippen LogP contribution is -2.43. The molecule has 26 heavy (non-hydrogen) atoms. The Kier molecular flexibility index (Phi) is 4.76. The SMILES string of the molecule is O=C(c1cccnc1)N1CCC(CNC(=O)C2(c3cccs3)CC2)CC1. The highest BCUT2D eigenvalue weighted by Crippen LogP contribution is 2.50. The van der Waals surface area contributed by atoms with Crippen LogP contribution in [0, 0.1) is 5.92 Å². The molecule has 4 rings (SSSR count). The minimum absolute atomic E-state index is 0.0511. The molecule has 0 spiro atoms. The first-order valence-corrected chi connectivity index (χ1v) is 10.1. The summed E-state index contributed by atoms with van der Waals surface area (Å²) in [5.41, 5.74) is 0.386. The topological polar surface area (TPSA) is 62.3 Å². The van der Waals surface area contributed by atoms with Gasteiger partial charge in [0.1, 0.15) is 0 Å². The van der Waals surface area contributed by atoms with Gasteiger partial charge in [-0.2, -0.15) is 0 Å². The van der Waals surface area contributed by atoms with E-state index in [1.165, 1.54) is 4.88 Å². The van der Waals surface area contributed by atoms with E-state index in [4.69, 9.17) is 0 Å². The van der Waals surface area contributed by atoms with E-state index in [2.05, 4.69) is 16.4 Å². The molecule has 3 heterocycles. The molecule has 1 aliphatic carbocycles. The van der Waals surface area contributed by atoms with E-state index < -0.39 is 0 Å². The molecular formula is C20H23N3O2S. The molecule has 1 aliphatic heterocycles. The number of amides is 2. The van der Waals surface area contributed by atoms with Crippen molar-refractivity contribution in [3.05, 3.63) is 52.5 Å². The Morgan fingerprint density at radius 3 is 2.65 bits per heavy atom. The van der Waals surface area contributed by atoms with Crippen LogP contribution in [0.3, 0.4) is 0 Å². The lowest BCUT2D eigenvalue weighted by atomic mass is 9.95. The van der Waals surface area contributed by atoms with Crippen LogP contribution in [0.2, 0.25) is 0 Å². The number of likely N-dealkylation sites (tertiary alicyclic amines) is 1. The van der Waals surface area contributed by atoms with Gasteiger partial charge in [-0.05, 0) is 55.2 Å². The number of rotatable bonds is 5. The van der Waals surface area contributed by atoms with Gasteiger partial charge in [0.15, 0.2) is 0 Å². The molecule has 2 aliphatic rings. The standard InChI is InChI=1S/C20H23N3O2S/c24-18(16-3-1-9-21-14-16)23-10-5-15(6-11-23)13-22-19(25)20(7-8-20)17-4-2-12-26-17/h1-4,9,12,14-15H,5-8,10-11,13H2,(H,22,25). The van der Waals surface area contributed by atoms with Gasteiger partial charge in [0.2, 0.25) is 5.91 Å². The van der Waals surface area contributed by atoms with Crippen molar-refractivity contribution in [2.45, 2.75) is 31.1 Å². The van der Waals surface area contributed by atoms with Crippen molar-refractivity contribution in [2.24, 2.45) is 5.92 Å². The van der Waals surface area contributed by atoms with E-state index in [9.17, 15) is 9.59 Å². The monoisotopic (exact) mass is 369 g/mol. The Balaban J connectivity index is 1.26. The molecule has 5 nitrogen and oxygen atoms in total. The van der Waals surface area contributed by atoms with Crippen LogP contribution in [0.1, 0.15) is 40.9 Å². The zero-order valence-corrected chi connectivity index (χ0v) is 15.5. The van der Waals surface area contributed by atoms with Crippen molar-refractivity contribution in [1.82, 2.24) is 15.2 Å². The van der Waals surface area contributed by atoms with Crippen molar-refractivity contribution in [1.29, 1.82) is 0 Å². The lowest BCUT2D eigenvalue weighted by molar-refractivity contribution is -0.123. The molecule has 1 saturated carbocycles. The summed E-state index contributed by atoms with van der Waals surface area (Å²) in [5.74, 6) is 0.667. The summed E-state index contributed by atoms with van der Waals surface area (Å²) in [4.78, 5) is 32.2. The Morgan fingerprint density at radius 1 is 1.23 bits per heavy atom. The highest BCUT2D eigenvalue weighted by Gasteiger charge is 2.52. The van der Waals surface area contributed by atoms with E-state index in [-0.39, 0.29) is 17.2 Å². The predicted molar refractivity (Wildman–Crippen MR) is 101 cm³/mol. The molecule has 2 fully saturated rings. The number of pyridine rings is 1. The van der Waals surface area contributed by atoms with Crippen LogP contribution in [0.15, 0.2) is 42.0 Å². The third-order valence-corrected chi connectivity index (χ3v) is 6.61. The number of hydrogen-bond acceptors (Lipinski definition) is 4. The summed E-state index contributed by atoms with van der Waals surface area (Å²) in [6.07, 6.45) is 7.06. The average molecular weight is 369 g/mol. The maximum absolute atomic E-state index is 12.6. The molecule has 2 aromatic rings. The summed E-state index contributed by atoms with van der Waals surface area (Å²) in [5, 5.41) is 5.21. The first-order chi connectivity index (χ1) is 12.7. The van der Waals surface area contributed by atoms with Crippen LogP contribution in [0.25, 0.3) is 0 Å². The molecule has 0 radical (unpaired) electrons. The minimum Gasteiger partial charge on any atom is -0.355 e. The quantitative estimate of drug-likeness (QED) is 0.881. The Bertz CT molecular complexity index is 764. The van der Waals surface area contributed by atoms with Crippen LogP contribution < -0.4 is 5.32 Å². The number of thiophene rings is 1. The molecule has 1 N–H and O–H groups in total. The number of aromatic nitrogens is 1. The van der Waals surface area contributed by atoms with Crippen LogP contribution >= 0.6 is 11.3 Å². The van der Waals surface area contributed by atoms with E-state index in [1.54, 1.807) is 35.9 Å². The largest absolute Gasteiger partial charge is 0.355 e. The van der Waals surface area contributed by atoms with Crippen LogP contribution in [-0.2, 0) is 10.2 Å². The fourth-order valence-corrected chi connectivity index (χ4v) is 4.66. The second-order valence-electron chi connectivity index (χ2n) is 7.25. The number of hydrogen-bond donors (Lipinski definition) is 1. The molecule has 0 bridgehead atoms. The van der Waals surface area contributed by atoms with E-state index in [0.717, 1.165) is 38.8 Å². The number of piperidine rings is 1. The maximum Gasteiger partial charge on any atom is 0.255 e. The molecule has 2 amide bonds. The third-order valence-electron chi connectivity index (χ3n) is 5.54. The molecular weight excluding hydrogens is 346 g/mol. The van der Waals surface area contributed by atoms with Crippen LogP contribution in [-0.4, -0.2) is 41.3 Å². The van der Waals surface area contributed by atoms with E-state index in [1.807, 2.05) is 16.3 Å².